The van der Waals surface area contributed by atoms with Crippen molar-refractivity contribution in [3.05, 3.63) is 95.0 Å². The normalized spacial score (nSPS) is 10.4. The lowest BCUT2D eigenvalue weighted by atomic mass is 10.2. The van der Waals surface area contributed by atoms with Gasteiger partial charge < -0.3 is 15.4 Å². The van der Waals surface area contributed by atoms with Crippen molar-refractivity contribution in [3.63, 3.8) is 0 Å². The number of nitrogens with one attached hydrogen (secondary N) is 3. The van der Waals surface area contributed by atoms with Gasteiger partial charge in [-0.15, -0.1) is 0 Å². The zero-order chi connectivity index (χ0) is 22.9. The molecule has 162 valence electrons. The Balaban J connectivity index is 1.55. The number of amides is 2. The molecular formula is C24H20ClN3O3S. The quantitative estimate of drug-likeness (QED) is 0.347. The summed E-state index contributed by atoms with van der Waals surface area (Å²) < 4.78 is 5.10. The van der Waals surface area contributed by atoms with Crippen LogP contribution in [0.2, 0.25) is 5.02 Å². The van der Waals surface area contributed by atoms with Gasteiger partial charge in [0.2, 0.25) is 5.91 Å². The van der Waals surface area contributed by atoms with Crippen LogP contribution in [0.15, 0.2) is 78.9 Å². The van der Waals surface area contributed by atoms with Crippen LogP contribution in [-0.4, -0.2) is 24.0 Å². The van der Waals surface area contributed by atoms with Crippen molar-refractivity contribution in [3.8, 4) is 5.75 Å². The van der Waals surface area contributed by atoms with E-state index in [0.717, 1.165) is 11.3 Å². The van der Waals surface area contributed by atoms with Crippen molar-refractivity contribution >= 4 is 58.2 Å². The second-order valence-electron chi connectivity index (χ2n) is 6.56. The average molecular weight is 466 g/mol. The molecule has 2 amide bonds. The maximum absolute atomic E-state index is 12.4. The van der Waals surface area contributed by atoms with E-state index in [1.807, 2.05) is 12.1 Å². The van der Waals surface area contributed by atoms with Crippen molar-refractivity contribution in [1.82, 2.24) is 5.32 Å². The third-order valence-corrected chi connectivity index (χ3v) is 4.81. The lowest BCUT2D eigenvalue weighted by Crippen LogP contribution is -2.32. The fourth-order valence-electron chi connectivity index (χ4n) is 2.72. The highest BCUT2D eigenvalue weighted by atomic mass is 35.5. The SMILES string of the molecule is COc1ccc(C=CC(=O)NC(=S)Nc2cccc(NC(=O)c3ccccc3Cl)c2)cc1. The topological polar surface area (TPSA) is 79.5 Å². The molecule has 0 saturated heterocycles. The van der Waals surface area contributed by atoms with Crippen LogP contribution in [0, 0.1) is 0 Å². The van der Waals surface area contributed by atoms with E-state index in [9.17, 15) is 9.59 Å². The molecule has 0 aliphatic carbocycles. The Hall–Kier alpha value is -3.68. The molecule has 0 aromatic heterocycles. The van der Waals surface area contributed by atoms with E-state index in [0.29, 0.717) is 22.0 Å². The minimum atomic E-state index is -0.374. The van der Waals surface area contributed by atoms with Crippen molar-refractivity contribution in [1.29, 1.82) is 0 Å². The van der Waals surface area contributed by atoms with Gasteiger partial charge in [-0.3, -0.25) is 14.9 Å². The zero-order valence-electron chi connectivity index (χ0n) is 17.1. The minimum absolute atomic E-state index is 0.129. The molecule has 0 unspecified atom stereocenters. The highest BCUT2D eigenvalue weighted by Crippen LogP contribution is 2.19. The Labute approximate surface area is 196 Å². The second-order valence-corrected chi connectivity index (χ2v) is 7.38. The van der Waals surface area contributed by atoms with Crippen LogP contribution in [0.25, 0.3) is 6.08 Å². The molecule has 0 saturated carbocycles. The Morgan fingerprint density at radius 3 is 2.31 bits per heavy atom. The minimum Gasteiger partial charge on any atom is -0.497 e. The fourth-order valence-corrected chi connectivity index (χ4v) is 3.16. The third kappa shape index (κ3) is 6.66. The zero-order valence-corrected chi connectivity index (χ0v) is 18.7. The molecular weight excluding hydrogens is 446 g/mol. The largest absolute Gasteiger partial charge is 0.497 e. The monoisotopic (exact) mass is 465 g/mol. The van der Waals surface area contributed by atoms with E-state index in [-0.39, 0.29) is 16.9 Å². The van der Waals surface area contributed by atoms with Crippen molar-refractivity contribution in [2.24, 2.45) is 0 Å². The number of carbonyl (C=O) groups is 2. The Morgan fingerprint density at radius 1 is 0.938 bits per heavy atom. The number of ether oxygens (including phenoxy) is 1. The lowest BCUT2D eigenvalue weighted by Gasteiger charge is -2.11. The molecule has 0 heterocycles. The summed E-state index contributed by atoms with van der Waals surface area (Å²) in [6, 6.07) is 21.0. The number of rotatable bonds is 6. The standard InChI is InChI=1S/C24H20ClN3O3S/c1-31-19-12-9-16(10-13-19)11-14-22(29)28-24(32)27-18-6-4-5-17(15-18)26-23(30)20-7-2-3-8-21(20)25/h2-15H,1H3,(H,26,30)(H2,27,28,29,32). The first-order valence-corrected chi connectivity index (χ1v) is 10.3. The molecule has 3 aromatic carbocycles. The molecule has 6 nitrogen and oxygen atoms in total. The molecule has 3 aromatic rings. The maximum atomic E-state index is 12.4. The van der Waals surface area contributed by atoms with Gasteiger partial charge >= 0.3 is 0 Å². The third-order valence-electron chi connectivity index (χ3n) is 4.28. The summed E-state index contributed by atoms with van der Waals surface area (Å²) in [5.41, 5.74) is 2.38. The molecule has 3 N–H and O–H groups in total. The fraction of sp³-hybridized carbons (Fsp3) is 0.0417. The van der Waals surface area contributed by atoms with Gasteiger partial charge in [0.05, 0.1) is 17.7 Å². The molecule has 0 aliphatic rings. The van der Waals surface area contributed by atoms with Crippen LogP contribution >= 0.6 is 23.8 Å². The first-order chi connectivity index (χ1) is 15.4. The van der Waals surface area contributed by atoms with E-state index in [1.54, 1.807) is 73.8 Å². The van der Waals surface area contributed by atoms with Crippen LogP contribution in [0.1, 0.15) is 15.9 Å². The molecule has 0 bridgehead atoms. The first kappa shape index (κ1) is 23.0. The predicted molar refractivity (Wildman–Crippen MR) is 132 cm³/mol. The molecule has 0 atom stereocenters. The number of hydrogen-bond donors (Lipinski definition) is 3. The number of methoxy groups -OCH3 is 1. The number of benzene rings is 3. The number of anilines is 2. The molecule has 32 heavy (non-hydrogen) atoms. The van der Waals surface area contributed by atoms with Crippen molar-refractivity contribution in [2.45, 2.75) is 0 Å². The Morgan fingerprint density at radius 2 is 1.62 bits per heavy atom. The Bertz CT molecular complexity index is 1160. The highest BCUT2D eigenvalue weighted by molar-refractivity contribution is 7.80. The van der Waals surface area contributed by atoms with E-state index in [1.165, 1.54) is 6.08 Å². The van der Waals surface area contributed by atoms with E-state index in [4.69, 9.17) is 28.6 Å². The van der Waals surface area contributed by atoms with Crippen LogP contribution < -0.4 is 20.7 Å². The maximum Gasteiger partial charge on any atom is 0.257 e. The molecule has 0 fully saturated rings. The number of halogens is 1. The van der Waals surface area contributed by atoms with Gasteiger partial charge in [-0.2, -0.15) is 0 Å². The van der Waals surface area contributed by atoms with E-state index < -0.39 is 0 Å². The van der Waals surface area contributed by atoms with Crippen molar-refractivity contribution < 1.29 is 14.3 Å². The highest BCUT2D eigenvalue weighted by Gasteiger charge is 2.10. The summed E-state index contributed by atoms with van der Waals surface area (Å²) in [5, 5.41) is 8.78. The molecule has 3 rings (SSSR count). The summed E-state index contributed by atoms with van der Waals surface area (Å²) in [7, 11) is 1.59. The van der Waals surface area contributed by atoms with Crippen LogP contribution in [-0.2, 0) is 4.79 Å². The molecule has 0 radical (unpaired) electrons. The van der Waals surface area contributed by atoms with E-state index in [2.05, 4.69) is 16.0 Å². The van der Waals surface area contributed by atoms with Gasteiger partial charge in [0, 0.05) is 17.5 Å². The summed E-state index contributed by atoms with van der Waals surface area (Å²) in [6.07, 6.45) is 3.05. The molecule has 0 spiro atoms. The summed E-state index contributed by atoms with van der Waals surface area (Å²) in [4.78, 5) is 24.5. The predicted octanol–water partition coefficient (Wildman–Crippen LogP) is 5.13. The smallest absolute Gasteiger partial charge is 0.257 e. The van der Waals surface area contributed by atoms with Gasteiger partial charge in [-0.1, -0.05) is 41.9 Å². The Kier molecular flexibility index (Phi) is 7.96. The number of carbonyl (C=O) groups excluding carboxylic acids is 2. The van der Waals surface area contributed by atoms with Crippen molar-refractivity contribution in [2.75, 3.05) is 17.7 Å². The number of thiocarbonyl (C=S) groups is 1. The van der Waals surface area contributed by atoms with Gasteiger partial charge in [0.1, 0.15) is 5.75 Å². The second kappa shape index (κ2) is 11.1. The van der Waals surface area contributed by atoms with E-state index >= 15 is 0 Å². The first-order valence-electron chi connectivity index (χ1n) is 9.54. The van der Waals surface area contributed by atoms with Gasteiger partial charge in [-0.25, -0.2) is 0 Å². The summed E-state index contributed by atoms with van der Waals surface area (Å²) in [5.74, 6) is 0.0380. The summed E-state index contributed by atoms with van der Waals surface area (Å²) >= 11 is 11.3. The van der Waals surface area contributed by atoms with Gasteiger partial charge in [0.15, 0.2) is 5.11 Å². The van der Waals surface area contributed by atoms with Crippen LogP contribution in [0.4, 0.5) is 11.4 Å². The lowest BCUT2D eigenvalue weighted by molar-refractivity contribution is -0.115. The average Bonchev–Trinajstić information content (AvgIpc) is 2.78. The van der Waals surface area contributed by atoms with Crippen LogP contribution in [0.5, 0.6) is 5.75 Å². The molecule has 0 aliphatic heterocycles. The van der Waals surface area contributed by atoms with Gasteiger partial charge in [-0.05, 0) is 66.3 Å². The van der Waals surface area contributed by atoms with Gasteiger partial charge in [0.25, 0.3) is 5.91 Å². The molecule has 8 heteroatoms. The number of hydrogen-bond acceptors (Lipinski definition) is 4. The van der Waals surface area contributed by atoms with Crippen LogP contribution in [0.3, 0.4) is 0 Å². The summed E-state index contributed by atoms with van der Waals surface area (Å²) in [6.45, 7) is 0.